The highest BCUT2D eigenvalue weighted by molar-refractivity contribution is 4.55. The van der Waals surface area contributed by atoms with Crippen LogP contribution in [0.4, 0.5) is 0 Å². The number of hydrogen-bond acceptors (Lipinski definition) is 2. The molecule has 0 heterocycles. The predicted molar refractivity (Wildman–Crippen MR) is 40.5 cm³/mol. The lowest BCUT2D eigenvalue weighted by atomic mass is 9.95. The quantitative estimate of drug-likeness (QED) is 0.448. The fraction of sp³-hybridized carbons (Fsp3) is 1.00. The Hall–Kier alpha value is -0.600. The summed E-state index contributed by atoms with van der Waals surface area (Å²) < 4.78 is 0. The second-order valence-corrected chi connectivity index (χ2v) is 3.07. The maximum Gasteiger partial charge on any atom is 0.204 e. The van der Waals surface area contributed by atoms with Crippen molar-refractivity contribution in [1.82, 2.24) is 0 Å². The first-order chi connectivity index (χ1) is 4.54. The van der Waals surface area contributed by atoms with Crippen molar-refractivity contribution in [3.63, 3.8) is 0 Å². The normalized spacial score (nSPS) is 13.6. The van der Waals surface area contributed by atoms with Crippen LogP contribution in [0.3, 0.4) is 0 Å². The average Bonchev–Trinajstić information content (AvgIpc) is 1.82. The van der Waals surface area contributed by atoms with Crippen LogP contribution in [0.2, 0.25) is 0 Å². The summed E-state index contributed by atoms with van der Waals surface area (Å²) in [4.78, 5) is 9.68. The van der Waals surface area contributed by atoms with Crippen molar-refractivity contribution < 1.29 is 4.92 Å². The molecular weight excluding hydrogens is 130 g/mol. The van der Waals surface area contributed by atoms with Gasteiger partial charge in [0.05, 0.1) is 0 Å². The molecule has 0 aromatic rings. The Kier molecular flexibility index (Phi) is 4.00. The Labute approximate surface area is 61.6 Å². The zero-order chi connectivity index (χ0) is 8.15. The molecule has 0 amide bonds. The molecule has 3 nitrogen and oxygen atoms in total. The van der Waals surface area contributed by atoms with Crippen LogP contribution < -0.4 is 0 Å². The van der Waals surface area contributed by atoms with E-state index in [0.29, 0.717) is 18.3 Å². The molecule has 1 unspecified atom stereocenters. The van der Waals surface area contributed by atoms with Crippen molar-refractivity contribution in [2.75, 3.05) is 6.54 Å². The molecule has 1 atom stereocenters. The van der Waals surface area contributed by atoms with E-state index < -0.39 is 0 Å². The molecule has 0 radical (unpaired) electrons. The van der Waals surface area contributed by atoms with Crippen molar-refractivity contribution in [2.24, 2.45) is 11.8 Å². The second-order valence-electron chi connectivity index (χ2n) is 3.07. The number of hydrogen-bond donors (Lipinski definition) is 0. The highest BCUT2D eigenvalue weighted by Crippen LogP contribution is 2.12. The van der Waals surface area contributed by atoms with Crippen LogP contribution in [-0.2, 0) is 0 Å². The van der Waals surface area contributed by atoms with Gasteiger partial charge in [0.2, 0.25) is 6.54 Å². The molecule has 60 valence electrons. The van der Waals surface area contributed by atoms with E-state index in [-0.39, 0.29) is 11.5 Å². The highest BCUT2D eigenvalue weighted by Gasteiger charge is 2.09. The van der Waals surface area contributed by atoms with Gasteiger partial charge in [0.15, 0.2) is 0 Å². The van der Waals surface area contributed by atoms with Crippen molar-refractivity contribution in [1.29, 1.82) is 0 Å². The van der Waals surface area contributed by atoms with E-state index >= 15 is 0 Å². The van der Waals surface area contributed by atoms with Crippen LogP contribution in [0, 0.1) is 22.0 Å². The van der Waals surface area contributed by atoms with E-state index in [1.165, 1.54) is 0 Å². The molecule has 0 aromatic heterocycles. The SMILES string of the molecule is CC(C)C(C)CC[N+](=O)[O-]. The summed E-state index contributed by atoms with van der Waals surface area (Å²) in [6, 6.07) is 0. The first-order valence-corrected chi connectivity index (χ1v) is 3.66. The molecule has 0 aromatic carbocycles. The second kappa shape index (κ2) is 4.25. The predicted octanol–water partition coefficient (Wildman–Crippen LogP) is 1.95. The van der Waals surface area contributed by atoms with Gasteiger partial charge >= 0.3 is 0 Å². The van der Waals surface area contributed by atoms with Gasteiger partial charge in [-0.1, -0.05) is 20.8 Å². The third-order valence-corrected chi connectivity index (χ3v) is 1.91. The van der Waals surface area contributed by atoms with Gasteiger partial charge in [0.25, 0.3) is 0 Å². The Balaban J connectivity index is 3.39. The number of nitro groups is 1. The van der Waals surface area contributed by atoms with Crippen LogP contribution >= 0.6 is 0 Å². The lowest BCUT2D eigenvalue weighted by Crippen LogP contribution is -2.10. The molecule has 0 aliphatic rings. The topological polar surface area (TPSA) is 43.1 Å². The molecule has 0 saturated carbocycles. The lowest BCUT2D eigenvalue weighted by Gasteiger charge is -2.11. The van der Waals surface area contributed by atoms with Crippen LogP contribution in [0.15, 0.2) is 0 Å². The minimum Gasteiger partial charge on any atom is -0.265 e. The molecule has 0 spiro atoms. The zero-order valence-electron chi connectivity index (χ0n) is 6.83. The van der Waals surface area contributed by atoms with Gasteiger partial charge in [0.1, 0.15) is 0 Å². The number of rotatable bonds is 4. The van der Waals surface area contributed by atoms with E-state index in [2.05, 4.69) is 13.8 Å². The van der Waals surface area contributed by atoms with Gasteiger partial charge in [-0.25, -0.2) is 0 Å². The van der Waals surface area contributed by atoms with Crippen molar-refractivity contribution in [3.8, 4) is 0 Å². The summed E-state index contributed by atoms with van der Waals surface area (Å²) in [5.41, 5.74) is 0. The van der Waals surface area contributed by atoms with Gasteiger partial charge in [-0.15, -0.1) is 0 Å². The van der Waals surface area contributed by atoms with Crippen LogP contribution in [0.5, 0.6) is 0 Å². The Bertz CT molecular complexity index is 112. The third kappa shape index (κ3) is 4.30. The molecular formula is C7H15NO2. The van der Waals surface area contributed by atoms with E-state index in [1.54, 1.807) is 0 Å². The summed E-state index contributed by atoms with van der Waals surface area (Å²) >= 11 is 0. The molecule has 0 aliphatic heterocycles. The average molecular weight is 145 g/mol. The molecule has 0 rings (SSSR count). The van der Waals surface area contributed by atoms with Crippen LogP contribution in [-0.4, -0.2) is 11.5 Å². The number of nitrogens with zero attached hydrogens (tertiary/aromatic N) is 1. The largest absolute Gasteiger partial charge is 0.265 e. The lowest BCUT2D eigenvalue weighted by molar-refractivity contribution is -0.481. The third-order valence-electron chi connectivity index (χ3n) is 1.91. The van der Waals surface area contributed by atoms with E-state index in [1.807, 2.05) is 6.92 Å². The molecule has 0 N–H and O–H groups in total. The molecule has 3 heteroatoms. The Morgan fingerprint density at radius 2 is 1.90 bits per heavy atom. The summed E-state index contributed by atoms with van der Waals surface area (Å²) in [6.07, 6.45) is 0.699. The summed E-state index contributed by atoms with van der Waals surface area (Å²) in [7, 11) is 0. The summed E-state index contributed by atoms with van der Waals surface area (Å²) in [5, 5.41) is 9.93. The smallest absolute Gasteiger partial charge is 0.204 e. The molecule has 0 aliphatic carbocycles. The minimum absolute atomic E-state index is 0.110. The van der Waals surface area contributed by atoms with Gasteiger partial charge < -0.3 is 0 Å². The van der Waals surface area contributed by atoms with E-state index in [0.717, 1.165) is 0 Å². The first-order valence-electron chi connectivity index (χ1n) is 3.66. The van der Waals surface area contributed by atoms with Crippen LogP contribution in [0.1, 0.15) is 27.2 Å². The summed E-state index contributed by atoms with van der Waals surface area (Å²) in [5.74, 6) is 1.02. The van der Waals surface area contributed by atoms with Crippen molar-refractivity contribution in [3.05, 3.63) is 10.1 Å². The van der Waals surface area contributed by atoms with E-state index in [9.17, 15) is 10.1 Å². The summed E-state index contributed by atoms with van der Waals surface area (Å²) in [6.45, 7) is 6.34. The molecule has 10 heavy (non-hydrogen) atoms. The first kappa shape index (κ1) is 9.40. The van der Waals surface area contributed by atoms with Crippen LogP contribution in [0.25, 0.3) is 0 Å². The Morgan fingerprint density at radius 3 is 2.20 bits per heavy atom. The highest BCUT2D eigenvalue weighted by atomic mass is 16.6. The fourth-order valence-electron chi connectivity index (χ4n) is 0.642. The maximum absolute atomic E-state index is 9.93. The molecule has 0 fully saturated rings. The van der Waals surface area contributed by atoms with Crippen molar-refractivity contribution in [2.45, 2.75) is 27.2 Å². The van der Waals surface area contributed by atoms with Crippen molar-refractivity contribution >= 4 is 0 Å². The standard InChI is InChI=1S/C7H15NO2/c1-6(2)7(3)4-5-8(9)10/h6-7H,4-5H2,1-3H3. The van der Waals surface area contributed by atoms with Gasteiger partial charge in [-0.2, -0.15) is 0 Å². The van der Waals surface area contributed by atoms with Gasteiger partial charge in [0, 0.05) is 11.3 Å². The minimum atomic E-state index is -0.251. The zero-order valence-corrected chi connectivity index (χ0v) is 6.83. The monoisotopic (exact) mass is 145 g/mol. The Morgan fingerprint density at radius 1 is 1.40 bits per heavy atom. The van der Waals surface area contributed by atoms with Gasteiger partial charge in [-0.3, -0.25) is 10.1 Å². The van der Waals surface area contributed by atoms with Gasteiger partial charge in [-0.05, 0) is 11.8 Å². The fourth-order valence-corrected chi connectivity index (χ4v) is 0.642. The molecule has 0 saturated heterocycles. The molecule has 0 bridgehead atoms. The maximum atomic E-state index is 9.93. The van der Waals surface area contributed by atoms with E-state index in [4.69, 9.17) is 0 Å².